The zero-order chi connectivity index (χ0) is 15.4. The molecule has 0 spiro atoms. The molecule has 1 amide bonds. The summed E-state index contributed by atoms with van der Waals surface area (Å²) in [5, 5.41) is 10.8. The Hall–Kier alpha value is -2.14. The van der Waals surface area contributed by atoms with Gasteiger partial charge >= 0.3 is 0 Å². The van der Waals surface area contributed by atoms with E-state index in [9.17, 15) is 4.79 Å². The number of piperidine rings is 1. The molecule has 2 aromatic rings. The van der Waals surface area contributed by atoms with Crippen molar-refractivity contribution in [2.45, 2.75) is 31.8 Å². The van der Waals surface area contributed by atoms with Gasteiger partial charge in [0.2, 0.25) is 0 Å². The minimum Gasteiger partial charge on any atom is -0.344 e. The van der Waals surface area contributed by atoms with Crippen LogP contribution in [0.15, 0.2) is 42.6 Å². The fraction of sp³-hybridized carbons (Fsp3) is 0.412. The van der Waals surface area contributed by atoms with Gasteiger partial charge in [-0.3, -0.25) is 9.48 Å². The summed E-state index contributed by atoms with van der Waals surface area (Å²) in [7, 11) is 0. The summed E-state index contributed by atoms with van der Waals surface area (Å²) < 4.78 is 1.91. The predicted molar refractivity (Wildman–Crippen MR) is 85.7 cm³/mol. The molecule has 0 saturated carbocycles. The molecule has 0 radical (unpaired) electrons. The Morgan fingerprint density at radius 3 is 2.91 bits per heavy atom. The summed E-state index contributed by atoms with van der Waals surface area (Å²) in [6, 6.07) is 12.1. The van der Waals surface area contributed by atoms with Gasteiger partial charge < -0.3 is 10.6 Å². The van der Waals surface area contributed by atoms with Gasteiger partial charge in [0.05, 0.1) is 12.1 Å². The number of nitrogens with one attached hydrogen (secondary N) is 2. The first kappa shape index (κ1) is 14.8. The SMILES string of the molecule is CC(NC(=O)c1ccn(C2CCCNC2)n1)c1ccccc1. The first-order chi connectivity index (χ1) is 10.7. The largest absolute Gasteiger partial charge is 0.344 e. The van der Waals surface area contributed by atoms with Gasteiger partial charge in [-0.1, -0.05) is 30.3 Å². The van der Waals surface area contributed by atoms with E-state index in [-0.39, 0.29) is 11.9 Å². The Balaban J connectivity index is 1.64. The quantitative estimate of drug-likeness (QED) is 0.910. The highest BCUT2D eigenvalue weighted by Gasteiger charge is 2.18. The van der Waals surface area contributed by atoms with E-state index in [1.165, 1.54) is 0 Å². The third-order valence-corrected chi connectivity index (χ3v) is 4.13. The van der Waals surface area contributed by atoms with Crippen LogP contribution < -0.4 is 10.6 Å². The monoisotopic (exact) mass is 298 g/mol. The fourth-order valence-electron chi connectivity index (χ4n) is 2.82. The zero-order valence-electron chi connectivity index (χ0n) is 12.8. The van der Waals surface area contributed by atoms with Crippen LogP contribution in [-0.4, -0.2) is 28.8 Å². The molecule has 0 aliphatic carbocycles. The number of benzene rings is 1. The van der Waals surface area contributed by atoms with E-state index >= 15 is 0 Å². The topological polar surface area (TPSA) is 59.0 Å². The lowest BCUT2D eigenvalue weighted by atomic mass is 10.1. The van der Waals surface area contributed by atoms with Crippen LogP contribution >= 0.6 is 0 Å². The number of carbonyl (C=O) groups excluding carboxylic acids is 1. The highest BCUT2D eigenvalue weighted by atomic mass is 16.2. The van der Waals surface area contributed by atoms with Crippen LogP contribution in [0.1, 0.15) is 47.9 Å². The van der Waals surface area contributed by atoms with E-state index in [0.29, 0.717) is 11.7 Å². The van der Waals surface area contributed by atoms with E-state index in [2.05, 4.69) is 15.7 Å². The molecule has 5 nitrogen and oxygen atoms in total. The standard InChI is InChI=1S/C17H22N4O/c1-13(14-6-3-2-4-7-14)19-17(22)16-9-11-21(20-16)15-8-5-10-18-12-15/h2-4,6-7,9,11,13,15,18H,5,8,10,12H2,1H3,(H,19,22). The first-order valence-electron chi connectivity index (χ1n) is 7.86. The van der Waals surface area contributed by atoms with Crippen LogP contribution in [0.25, 0.3) is 0 Å². The van der Waals surface area contributed by atoms with Gasteiger partial charge in [-0.2, -0.15) is 5.10 Å². The predicted octanol–water partition coefficient (Wildman–Crippen LogP) is 2.30. The molecule has 2 unspecified atom stereocenters. The molecule has 2 atom stereocenters. The van der Waals surface area contributed by atoms with E-state index in [4.69, 9.17) is 0 Å². The Morgan fingerprint density at radius 1 is 1.36 bits per heavy atom. The zero-order valence-corrected chi connectivity index (χ0v) is 12.8. The van der Waals surface area contributed by atoms with Gasteiger partial charge in [0.15, 0.2) is 0 Å². The van der Waals surface area contributed by atoms with Crippen molar-refractivity contribution in [1.82, 2.24) is 20.4 Å². The second kappa shape index (κ2) is 6.75. The van der Waals surface area contributed by atoms with E-state index in [0.717, 1.165) is 31.5 Å². The number of carbonyl (C=O) groups is 1. The molecule has 1 saturated heterocycles. The molecule has 2 N–H and O–H groups in total. The molecule has 1 fully saturated rings. The average molecular weight is 298 g/mol. The van der Waals surface area contributed by atoms with Crippen molar-refractivity contribution in [2.75, 3.05) is 13.1 Å². The number of nitrogens with zero attached hydrogens (tertiary/aromatic N) is 2. The molecule has 0 bridgehead atoms. The van der Waals surface area contributed by atoms with Crippen LogP contribution in [0.2, 0.25) is 0 Å². The van der Waals surface area contributed by atoms with Crippen molar-refractivity contribution in [2.24, 2.45) is 0 Å². The van der Waals surface area contributed by atoms with Crippen molar-refractivity contribution < 1.29 is 4.79 Å². The van der Waals surface area contributed by atoms with Gasteiger partial charge in [0, 0.05) is 12.7 Å². The molecular formula is C17H22N4O. The van der Waals surface area contributed by atoms with E-state index in [1.54, 1.807) is 6.07 Å². The summed E-state index contributed by atoms with van der Waals surface area (Å²) in [6.45, 7) is 3.97. The molecule has 5 heteroatoms. The van der Waals surface area contributed by atoms with Crippen LogP contribution in [0.3, 0.4) is 0 Å². The number of amides is 1. The van der Waals surface area contributed by atoms with Gasteiger partial charge in [-0.05, 0) is 37.9 Å². The van der Waals surface area contributed by atoms with Gasteiger partial charge in [0.1, 0.15) is 5.69 Å². The molecule has 1 aromatic heterocycles. The molecule has 1 aromatic carbocycles. The number of rotatable bonds is 4. The van der Waals surface area contributed by atoms with Gasteiger partial charge in [0.25, 0.3) is 5.91 Å². The highest BCUT2D eigenvalue weighted by molar-refractivity contribution is 5.92. The number of aromatic nitrogens is 2. The van der Waals surface area contributed by atoms with Crippen molar-refractivity contribution in [3.63, 3.8) is 0 Å². The van der Waals surface area contributed by atoms with Crippen molar-refractivity contribution in [3.05, 3.63) is 53.9 Å². The van der Waals surface area contributed by atoms with E-state index < -0.39 is 0 Å². The molecule has 22 heavy (non-hydrogen) atoms. The third kappa shape index (κ3) is 3.36. The van der Waals surface area contributed by atoms with Crippen molar-refractivity contribution >= 4 is 5.91 Å². The second-order valence-electron chi connectivity index (χ2n) is 5.79. The summed E-state index contributed by atoms with van der Waals surface area (Å²) in [5.74, 6) is -0.126. The van der Waals surface area contributed by atoms with Gasteiger partial charge in [-0.25, -0.2) is 0 Å². The lowest BCUT2D eigenvalue weighted by Gasteiger charge is -2.22. The van der Waals surface area contributed by atoms with Crippen LogP contribution in [0, 0.1) is 0 Å². The molecule has 1 aliphatic rings. The normalized spacial score (nSPS) is 19.6. The lowest BCUT2D eigenvalue weighted by molar-refractivity contribution is 0.0933. The van der Waals surface area contributed by atoms with E-state index in [1.807, 2.05) is 48.1 Å². The third-order valence-electron chi connectivity index (χ3n) is 4.13. The first-order valence-corrected chi connectivity index (χ1v) is 7.86. The molecule has 2 heterocycles. The smallest absolute Gasteiger partial charge is 0.272 e. The minimum absolute atomic E-state index is 0.0322. The van der Waals surface area contributed by atoms with Crippen LogP contribution in [-0.2, 0) is 0 Å². The molecule has 116 valence electrons. The second-order valence-corrected chi connectivity index (χ2v) is 5.79. The maximum atomic E-state index is 12.3. The van der Waals surface area contributed by atoms with Crippen molar-refractivity contribution in [3.8, 4) is 0 Å². The summed E-state index contributed by atoms with van der Waals surface area (Å²) in [5.41, 5.74) is 1.57. The fourth-order valence-corrected chi connectivity index (χ4v) is 2.82. The Kier molecular flexibility index (Phi) is 4.53. The molecule has 3 rings (SSSR count). The Bertz CT molecular complexity index is 617. The molecule has 1 aliphatic heterocycles. The molecular weight excluding hydrogens is 276 g/mol. The summed E-state index contributed by atoms with van der Waals surface area (Å²) in [4.78, 5) is 12.3. The number of hydrogen-bond acceptors (Lipinski definition) is 3. The van der Waals surface area contributed by atoms with Gasteiger partial charge in [-0.15, -0.1) is 0 Å². The highest BCUT2D eigenvalue weighted by Crippen LogP contribution is 2.16. The van der Waals surface area contributed by atoms with Crippen LogP contribution in [0.4, 0.5) is 0 Å². The average Bonchev–Trinajstić information content (AvgIpc) is 3.06. The maximum absolute atomic E-state index is 12.3. The number of hydrogen-bond donors (Lipinski definition) is 2. The Labute approximate surface area is 130 Å². The maximum Gasteiger partial charge on any atom is 0.272 e. The lowest BCUT2D eigenvalue weighted by Crippen LogP contribution is -2.32. The summed E-state index contributed by atoms with van der Waals surface area (Å²) >= 11 is 0. The summed E-state index contributed by atoms with van der Waals surface area (Å²) in [6.07, 6.45) is 4.16. The Morgan fingerprint density at radius 2 is 2.18 bits per heavy atom. The van der Waals surface area contributed by atoms with Crippen molar-refractivity contribution in [1.29, 1.82) is 0 Å². The minimum atomic E-state index is -0.126. The van der Waals surface area contributed by atoms with Crippen LogP contribution in [0.5, 0.6) is 0 Å².